The molecule has 1 aliphatic carbocycles. The normalized spacial score (nSPS) is 18.0. The highest BCUT2D eigenvalue weighted by molar-refractivity contribution is 6.30. The number of carbonyl (C=O) groups is 2. The Morgan fingerprint density at radius 2 is 1.80 bits per heavy atom. The molecule has 35 heavy (non-hydrogen) atoms. The molecule has 1 atom stereocenters. The Morgan fingerprint density at radius 1 is 1.09 bits per heavy atom. The van der Waals surface area contributed by atoms with E-state index in [0.717, 1.165) is 52.6 Å². The standard InChI is InChI=1S/C29H29ClN2O3/c1-18-13-15-32(16-14-18)28(33)19(2)35-29(34)26-23-5-3-4-6-25(23)31-27-21(9-12-24(26)27)17-20-7-10-22(30)11-8-20/h3-8,10-11,17-19H,9,12-16H2,1-2H3/b21-17-. The molecule has 1 aliphatic heterocycles. The van der Waals surface area contributed by atoms with Crippen LogP contribution < -0.4 is 0 Å². The van der Waals surface area contributed by atoms with E-state index in [9.17, 15) is 9.59 Å². The fraction of sp³-hybridized carbons (Fsp3) is 0.345. The number of allylic oxidation sites excluding steroid dienone is 1. The molecule has 1 amide bonds. The van der Waals surface area contributed by atoms with Crippen LogP contribution in [0.2, 0.25) is 5.02 Å². The molecule has 2 heterocycles. The Morgan fingerprint density at radius 3 is 2.54 bits per heavy atom. The van der Waals surface area contributed by atoms with Gasteiger partial charge in [-0.25, -0.2) is 9.78 Å². The van der Waals surface area contributed by atoms with Crippen LogP contribution in [0.5, 0.6) is 0 Å². The van der Waals surface area contributed by atoms with Crippen LogP contribution in [0.3, 0.4) is 0 Å². The van der Waals surface area contributed by atoms with Gasteiger partial charge in [0.25, 0.3) is 5.91 Å². The average molecular weight is 489 g/mol. The predicted octanol–water partition coefficient (Wildman–Crippen LogP) is 6.18. The zero-order valence-corrected chi connectivity index (χ0v) is 20.8. The molecule has 0 saturated carbocycles. The lowest BCUT2D eigenvalue weighted by Gasteiger charge is -2.32. The van der Waals surface area contributed by atoms with Gasteiger partial charge in [0.1, 0.15) is 0 Å². The maximum atomic E-state index is 13.5. The summed E-state index contributed by atoms with van der Waals surface area (Å²) in [6.45, 7) is 5.31. The van der Waals surface area contributed by atoms with Crippen molar-refractivity contribution in [2.75, 3.05) is 13.1 Å². The Hall–Kier alpha value is -3.18. The number of para-hydroxylation sites is 1. The molecule has 3 aromatic rings. The van der Waals surface area contributed by atoms with Crippen LogP contribution in [-0.4, -0.2) is 41.0 Å². The van der Waals surface area contributed by atoms with E-state index in [1.165, 1.54) is 0 Å². The summed E-state index contributed by atoms with van der Waals surface area (Å²) in [5, 5.41) is 1.45. The van der Waals surface area contributed by atoms with Crippen LogP contribution in [0.1, 0.15) is 60.3 Å². The molecule has 0 spiro atoms. The number of fused-ring (bicyclic) bond motifs is 2. The largest absolute Gasteiger partial charge is 0.449 e. The third kappa shape index (κ3) is 4.83. The van der Waals surface area contributed by atoms with Crippen LogP contribution in [0.4, 0.5) is 0 Å². The second kappa shape index (κ2) is 9.82. The van der Waals surface area contributed by atoms with Crippen molar-refractivity contribution in [2.24, 2.45) is 5.92 Å². The van der Waals surface area contributed by atoms with Gasteiger partial charge in [-0.3, -0.25) is 4.79 Å². The van der Waals surface area contributed by atoms with Gasteiger partial charge < -0.3 is 9.64 Å². The van der Waals surface area contributed by atoms with E-state index >= 15 is 0 Å². The predicted molar refractivity (Wildman–Crippen MR) is 139 cm³/mol. The van der Waals surface area contributed by atoms with Crippen molar-refractivity contribution in [1.29, 1.82) is 0 Å². The number of nitrogens with zero attached hydrogens (tertiary/aromatic N) is 2. The fourth-order valence-electron chi connectivity index (χ4n) is 5.03. The number of likely N-dealkylation sites (tertiary alicyclic amines) is 1. The summed E-state index contributed by atoms with van der Waals surface area (Å²) in [5.41, 5.74) is 5.10. The van der Waals surface area contributed by atoms with Gasteiger partial charge in [0, 0.05) is 23.5 Å². The van der Waals surface area contributed by atoms with Crippen LogP contribution in [0.25, 0.3) is 22.6 Å². The zero-order chi connectivity index (χ0) is 24.5. The van der Waals surface area contributed by atoms with Crippen LogP contribution in [0, 0.1) is 5.92 Å². The number of piperidine rings is 1. The molecule has 180 valence electrons. The summed E-state index contributed by atoms with van der Waals surface area (Å²) in [6.07, 6.45) is 4.72. The number of hydrogen-bond acceptors (Lipinski definition) is 4. The smallest absolute Gasteiger partial charge is 0.339 e. The number of rotatable bonds is 4. The second-order valence-electron chi connectivity index (χ2n) is 9.61. The number of hydrogen-bond donors (Lipinski definition) is 0. The van der Waals surface area contributed by atoms with Crippen molar-refractivity contribution in [3.05, 3.63) is 75.9 Å². The molecule has 0 radical (unpaired) electrons. The van der Waals surface area contributed by atoms with E-state index in [0.29, 0.717) is 36.0 Å². The molecule has 1 aromatic heterocycles. The summed E-state index contributed by atoms with van der Waals surface area (Å²) < 4.78 is 5.79. The highest BCUT2D eigenvalue weighted by atomic mass is 35.5. The third-order valence-corrected chi connectivity index (χ3v) is 7.34. The maximum Gasteiger partial charge on any atom is 0.339 e. The van der Waals surface area contributed by atoms with E-state index in [-0.39, 0.29) is 5.91 Å². The summed E-state index contributed by atoms with van der Waals surface area (Å²) in [6, 6.07) is 15.3. The van der Waals surface area contributed by atoms with E-state index in [2.05, 4.69) is 13.0 Å². The lowest BCUT2D eigenvalue weighted by molar-refractivity contribution is -0.141. The van der Waals surface area contributed by atoms with E-state index in [1.54, 1.807) is 6.92 Å². The van der Waals surface area contributed by atoms with Crippen molar-refractivity contribution < 1.29 is 14.3 Å². The van der Waals surface area contributed by atoms with Gasteiger partial charge in [0.2, 0.25) is 0 Å². The number of aromatic nitrogens is 1. The molecule has 2 aromatic carbocycles. The second-order valence-corrected chi connectivity index (χ2v) is 10.0. The number of ether oxygens (including phenoxy) is 1. The van der Waals surface area contributed by atoms with E-state index in [4.69, 9.17) is 21.3 Å². The van der Waals surface area contributed by atoms with Crippen LogP contribution in [-0.2, 0) is 16.0 Å². The van der Waals surface area contributed by atoms with E-state index in [1.807, 2.05) is 53.4 Å². The van der Waals surface area contributed by atoms with Crippen LogP contribution in [0.15, 0.2) is 48.5 Å². The molecule has 0 N–H and O–H groups in total. The summed E-state index contributed by atoms with van der Waals surface area (Å²) in [4.78, 5) is 33.2. The molecule has 0 bridgehead atoms. The van der Waals surface area contributed by atoms with Crippen molar-refractivity contribution in [3.63, 3.8) is 0 Å². The highest BCUT2D eigenvalue weighted by Crippen LogP contribution is 2.38. The van der Waals surface area contributed by atoms with Crippen LogP contribution >= 0.6 is 11.6 Å². The number of benzene rings is 2. The number of halogens is 1. The first kappa shape index (κ1) is 23.6. The molecular formula is C29H29ClN2O3. The number of amides is 1. The molecule has 1 unspecified atom stereocenters. The van der Waals surface area contributed by atoms with Crippen molar-refractivity contribution in [1.82, 2.24) is 9.88 Å². The molecule has 1 saturated heterocycles. The molecule has 5 rings (SSSR count). The summed E-state index contributed by atoms with van der Waals surface area (Å²) >= 11 is 6.04. The Balaban J connectivity index is 1.46. The zero-order valence-electron chi connectivity index (χ0n) is 20.1. The maximum absolute atomic E-state index is 13.5. The van der Waals surface area contributed by atoms with Gasteiger partial charge in [-0.05, 0) is 79.5 Å². The monoisotopic (exact) mass is 488 g/mol. The minimum absolute atomic E-state index is 0.122. The topological polar surface area (TPSA) is 59.5 Å². The number of pyridine rings is 1. The highest BCUT2D eigenvalue weighted by Gasteiger charge is 2.31. The molecule has 1 fully saturated rings. The summed E-state index contributed by atoms with van der Waals surface area (Å²) in [5.74, 6) is 0.0419. The van der Waals surface area contributed by atoms with Gasteiger partial charge >= 0.3 is 5.97 Å². The Bertz CT molecular complexity index is 1310. The Kier molecular flexibility index (Phi) is 6.61. The first-order chi connectivity index (χ1) is 16.9. The van der Waals surface area contributed by atoms with Gasteiger partial charge in [-0.2, -0.15) is 0 Å². The molecule has 6 heteroatoms. The number of carbonyl (C=O) groups excluding carboxylic acids is 2. The molecule has 5 nitrogen and oxygen atoms in total. The third-order valence-electron chi connectivity index (χ3n) is 7.08. The van der Waals surface area contributed by atoms with Gasteiger partial charge in [0.05, 0.1) is 16.8 Å². The lowest BCUT2D eigenvalue weighted by Crippen LogP contribution is -2.44. The SMILES string of the molecule is CC1CCN(C(=O)C(C)OC(=O)c2c3c(nc4ccccc24)/C(=C\c2ccc(Cl)cc2)CC3)CC1. The first-order valence-electron chi connectivity index (χ1n) is 12.3. The first-order valence-corrected chi connectivity index (χ1v) is 12.7. The quantitative estimate of drug-likeness (QED) is 0.411. The minimum Gasteiger partial charge on any atom is -0.449 e. The van der Waals surface area contributed by atoms with E-state index < -0.39 is 12.1 Å². The fourth-order valence-corrected chi connectivity index (χ4v) is 5.15. The summed E-state index contributed by atoms with van der Waals surface area (Å²) in [7, 11) is 0. The Labute approximate surface area is 210 Å². The van der Waals surface area contributed by atoms with Gasteiger partial charge in [0.15, 0.2) is 6.10 Å². The molecule has 2 aliphatic rings. The van der Waals surface area contributed by atoms with Crippen molar-refractivity contribution >= 4 is 46.0 Å². The number of esters is 1. The molecular weight excluding hydrogens is 460 g/mol. The van der Waals surface area contributed by atoms with Crippen molar-refractivity contribution in [2.45, 2.75) is 45.6 Å². The van der Waals surface area contributed by atoms with Crippen molar-refractivity contribution in [3.8, 4) is 0 Å². The minimum atomic E-state index is -0.830. The van der Waals surface area contributed by atoms with Gasteiger partial charge in [-0.15, -0.1) is 0 Å². The lowest BCUT2D eigenvalue weighted by atomic mass is 9.99. The average Bonchev–Trinajstić information content (AvgIpc) is 3.25. The van der Waals surface area contributed by atoms with Gasteiger partial charge in [-0.1, -0.05) is 48.9 Å².